The third kappa shape index (κ3) is 11.4. The highest BCUT2D eigenvalue weighted by molar-refractivity contribution is 8.00. The van der Waals surface area contributed by atoms with Crippen LogP contribution in [0.25, 0.3) is 0 Å². The van der Waals surface area contributed by atoms with E-state index in [2.05, 4.69) is 85.8 Å². The zero-order valence-electron chi connectivity index (χ0n) is 21.2. The Morgan fingerprint density at radius 3 is 1.83 bits per heavy atom. The molecule has 0 saturated carbocycles. The van der Waals surface area contributed by atoms with Crippen molar-refractivity contribution in [2.45, 2.75) is 136 Å². The molecule has 1 saturated heterocycles. The minimum atomic E-state index is -0.105. The van der Waals surface area contributed by atoms with Crippen molar-refractivity contribution in [3.05, 3.63) is 0 Å². The van der Waals surface area contributed by atoms with Crippen molar-refractivity contribution in [2.75, 3.05) is 11.5 Å². The highest BCUT2D eigenvalue weighted by Crippen LogP contribution is 2.39. The molecule has 0 N–H and O–H groups in total. The van der Waals surface area contributed by atoms with Crippen LogP contribution in [0, 0.1) is 11.8 Å². The maximum absolute atomic E-state index is 6.64. The summed E-state index contributed by atoms with van der Waals surface area (Å²) in [6.07, 6.45) is 6.46. The van der Waals surface area contributed by atoms with Gasteiger partial charge in [-0.2, -0.15) is 23.5 Å². The highest BCUT2D eigenvalue weighted by atomic mass is 32.2. The predicted octanol–water partition coefficient (Wildman–Crippen LogP) is 7.42. The van der Waals surface area contributed by atoms with Crippen LogP contribution in [-0.2, 0) is 14.2 Å². The Morgan fingerprint density at radius 2 is 1.30 bits per heavy atom. The Morgan fingerprint density at radius 1 is 0.733 bits per heavy atom. The van der Waals surface area contributed by atoms with E-state index in [-0.39, 0.29) is 30.7 Å². The molecule has 0 aromatic carbocycles. The third-order valence-electron chi connectivity index (χ3n) is 5.52. The van der Waals surface area contributed by atoms with Crippen molar-refractivity contribution in [1.82, 2.24) is 0 Å². The summed E-state index contributed by atoms with van der Waals surface area (Å²) in [6, 6.07) is 0. The van der Waals surface area contributed by atoms with Crippen LogP contribution in [0.1, 0.15) is 94.4 Å². The van der Waals surface area contributed by atoms with E-state index in [1.54, 1.807) is 0 Å². The van der Waals surface area contributed by atoms with Gasteiger partial charge < -0.3 is 14.2 Å². The molecule has 0 spiro atoms. The van der Waals surface area contributed by atoms with E-state index in [4.69, 9.17) is 14.2 Å². The SMILES string of the molecule is CC(C)O[C@H]1OC(CCCCSC(C)C)[C@@H](OC(C)C)[C@H](C)C1CCCSC(C)C. The van der Waals surface area contributed by atoms with Gasteiger partial charge in [0.15, 0.2) is 6.29 Å². The second-order valence-electron chi connectivity index (χ2n) is 9.88. The smallest absolute Gasteiger partial charge is 0.161 e. The van der Waals surface area contributed by atoms with Gasteiger partial charge in [0.1, 0.15) is 0 Å². The van der Waals surface area contributed by atoms with Crippen molar-refractivity contribution in [1.29, 1.82) is 0 Å². The van der Waals surface area contributed by atoms with E-state index >= 15 is 0 Å². The lowest BCUT2D eigenvalue weighted by molar-refractivity contribution is -0.288. The summed E-state index contributed by atoms with van der Waals surface area (Å²) in [5.41, 5.74) is 0. The first-order valence-corrected chi connectivity index (χ1v) is 14.4. The van der Waals surface area contributed by atoms with Crippen molar-refractivity contribution in [3.8, 4) is 0 Å². The van der Waals surface area contributed by atoms with Gasteiger partial charge in [0.05, 0.1) is 24.4 Å². The summed E-state index contributed by atoms with van der Waals surface area (Å²) in [7, 11) is 0. The molecule has 0 bridgehead atoms. The summed E-state index contributed by atoms with van der Waals surface area (Å²) in [6.45, 7) is 20.0. The van der Waals surface area contributed by atoms with Gasteiger partial charge in [-0.3, -0.25) is 0 Å². The molecular formula is C25H50O3S2. The largest absolute Gasteiger partial charge is 0.373 e. The first kappa shape index (κ1) is 28.6. The molecule has 0 aromatic heterocycles. The lowest BCUT2D eigenvalue weighted by Crippen LogP contribution is -2.53. The van der Waals surface area contributed by atoms with E-state index in [0.29, 0.717) is 22.3 Å². The average molecular weight is 463 g/mol. The Bertz CT molecular complexity index is 427. The quantitative estimate of drug-likeness (QED) is 0.236. The Kier molecular flexibility index (Phi) is 14.7. The van der Waals surface area contributed by atoms with Crippen LogP contribution >= 0.6 is 23.5 Å². The average Bonchev–Trinajstić information content (AvgIpc) is 2.62. The minimum Gasteiger partial charge on any atom is -0.373 e. The van der Waals surface area contributed by atoms with Crippen LogP contribution in [0.2, 0.25) is 0 Å². The maximum atomic E-state index is 6.64. The fourth-order valence-corrected chi connectivity index (χ4v) is 5.79. The predicted molar refractivity (Wildman–Crippen MR) is 136 cm³/mol. The van der Waals surface area contributed by atoms with Crippen molar-refractivity contribution >= 4 is 23.5 Å². The fourth-order valence-electron chi connectivity index (χ4n) is 4.14. The van der Waals surface area contributed by atoms with Gasteiger partial charge in [0, 0.05) is 5.92 Å². The molecule has 30 heavy (non-hydrogen) atoms. The standard InChI is InChI=1S/C25H50O3S2/c1-17(2)26-24-21(9)22(13-12-16-30-20(7)8)25(27-18(3)4)28-23(24)14-10-11-15-29-19(5)6/h17-25H,10-16H2,1-9H3/t21-,22?,23?,24+,25+/m1/s1. The van der Waals surface area contributed by atoms with Crippen LogP contribution in [-0.4, -0.2) is 52.7 Å². The molecule has 5 atom stereocenters. The molecule has 180 valence electrons. The molecule has 2 unspecified atom stereocenters. The van der Waals surface area contributed by atoms with E-state index in [1.807, 2.05) is 0 Å². The van der Waals surface area contributed by atoms with Gasteiger partial charge in [0.2, 0.25) is 0 Å². The van der Waals surface area contributed by atoms with Gasteiger partial charge in [-0.1, -0.05) is 34.6 Å². The maximum Gasteiger partial charge on any atom is 0.161 e. The van der Waals surface area contributed by atoms with E-state index < -0.39 is 0 Å². The molecule has 1 heterocycles. The number of thioether (sulfide) groups is 2. The topological polar surface area (TPSA) is 27.7 Å². The van der Waals surface area contributed by atoms with Gasteiger partial charge in [-0.15, -0.1) is 0 Å². The molecule has 0 aliphatic carbocycles. The van der Waals surface area contributed by atoms with E-state index in [9.17, 15) is 0 Å². The van der Waals surface area contributed by atoms with Crippen molar-refractivity contribution in [3.63, 3.8) is 0 Å². The second-order valence-corrected chi connectivity index (χ2v) is 13.2. The zero-order chi connectivity index (χ0) is 22.7. The molecule has 0 amide bonds. The van der Waals surface area contributed by atoms with Gasteiger partial charge in [-0.05, 0) is 87.7 Å². The lowest BCUT2D eigenvalue weighted by atomic mass is 9.79. The monoisotopic (exact) mass is 462 g/mol. The van der Waals surface area contributed by atoms with Crippen LogP contribution in [0.15, 0.2) is 0 Å². The molecule has 1 aliphatic heterocycles. The fraction of sp³-hybridized carbons (Fsp3) is 1.00. The van der Waals surface area contributed by atoms with Gasteiger partial charge >= 0.3 is 0 Å². The van der Waals surface area contributed by atoms with Crippen LogP contribution in [0.4, 0.5) is 0 Å². The molecule has 3 nitrogen and oxygen atoms in total. The third-order valence-corrected chi connectivity index (χ3v) is 7.90. The summed E-state index contributed by atoms with van der Waals surface area (Å²) < 4.78 is 19.4. The number of hydrogen-bond acceptors (Lipinski definition) is 5. The summed E-state index contributed by atoms with van der Waals surface area (Å²) in [5.74, 6) is 3.29. The van der Waals surface area contributed by atoms with Crippen molar-refractivity contribution in [2.24, 2.45) is 11.8 Å². The molecule has 1 aliphatic rings. The summed E-state index contributed by atoms with van der Waals surface area (Å²) in [4.78, 5) is 0. The van der Waals surface area contributed by atoms with Crippen LogP contribution < -0.4 is 0 Å². The first-order valence-electron chi connectivity index (χ1n) is 12.3. The van der Waals surface area contributed by atoms with Crippen LogP contribution in [0.5, 0.6) is 0 Å². The number of ether oxygens (including phenoxy) is 3. The molecule has 0 radical (unpaired) electrons. The Labute approximate surface area is 196 Å². The highest BCUT2D eigenvalue weighted by Gasteiger charge is 2.44. The van der Waals surface area contributed by atoms with E-state index in [0.717, 1.165) is 12.8 Å². The first-order chi connectivity index (χ1) is 14.1. The van der Waals surface area contributed by atoms with E-state index in [1.165, 1.54) is 30.8 Å². The molecule has 5 heteroatoms. The Balaban J connectivity index is 2.77. The number of unbranched alkanes of at least 4 members (excludes halogenated alkanes) is 1. The molecule has 1 fully saturated rings. The molecule has 1 rings (SSSR count). The summed E-state index contributed by atoms with van der Waals surface area (Å²) >= 11 is 4.10. The minimum absolute atomic E-state index is 0.105. The van der Waals surface area contributed by atoms with Gasteiger partial charge in [-0.25, -0.2) is 0 Å². The summed E-state index contributed by atoms with van der Waals surface area (Å²) in [5, 5.41) is 1.41. The Hall–Kier alpha value is 0.580. The van der Waals surface area contributed by atoms with Gasteiger partial charge in [0.25, 0.3) is 0 Å². The number of rotatable bonds is 15. The molecule has 0 aromatic rings. The second kappa shape index (κ2) is 15.4. The zero-order valence-corrected chi connectivity index (χ0v) is 22.8. The van der Waals surface area contributed by atoms with Crippen LogP contribution in [0.3, 0.4) is 0 Å². The molecular weight excluding hydrogens is 412 g/mol. The lowest BCUT2D eigenvalue weighted by Gasteiger charge is -2.47. The van der Waals surface area contributed by atoms with Crippen molar-refractivity contribution < 1.29 is 14.2 Å². The number of hydrogen-bond donors (Lipinski definition) is 0. The normalized spacial score (nSPS) is 27.7.